The lowest BCUT2D eigenvalue weighted by Crippen LogP contribution is -2.63. The van der Waals surface area contributed by atoms with E-state index in [4.69, 9.17) is 28.1 Å². The van der Waals surface area contributed by atoms with E-state index in [0.717, 1.165) is 16.7 Å². The van der Waals surface area contributed by atoms with Crippen molar-refractivity contribution >= 4 is 8.32 Å². The van der Waals surface area contributed by atoms with Gasteiger partial charge >= 0.3 is 0 Å². The molecule has 0 bridgehead atoms. The van der Waals surface area contributed by atoms with Gasteiger partial charge in [-0.25, -0.2) is 0 Å². The predicted octanol–water partition coefficient (Wildman–Crippen LogP) is 5.97. The van der Waals surface area contributed by atoms with Crippen molar-refractivity contribution in [2.45, 2.75) is 70.2 Å². The molecule has 7 heteroatoms. The summed E-state index contributed by atoms with van der Waals surface area (Å²) in [5.41, 5.74) is 3.26. The standard InChI is InChI=1S/C31H40O6Si/c1-32-31-30(37-38(2,3)4)29(35-22-26-18-12-7-13-19-26)28(34-21-25-16-10-6-11-17-25)27(36-31)23-33-20-24-14-8-5-9-15-24/h5-19,27-31H,20-23H2,1-4H3/t27-,28-,29+,30+,31+/m1/s1. The number of benzene rings is 3. The van der Waals surface area contributed by atoms with Crippen LogP contribution in [0.15, 0.2) is 91.0 Å². The van der Waals surface area contributed by atoms with E-state index in [-0.39, 0.29) is 0 Å². The Morgan fingerprint density at radius 3 is 1.58 bits per heavy atom. The van der Waals surface area contributed by atoms with Crippen LogP contribution in [0, 0.1) is 0 Å². The van der Waals surface area contributed by atoms with E-state index in [9.17, 15) is 0 Å². The van der Waals surface area contributed by atoms with Crippen LogP contribution in [0.3, 0.4) is 0 Å². The first kappa shape index (κ1) is 28.6. The number of methoxy groups -OCH3 is 1. The van der Waals surface area contributed by atoms with Gasteiger partial charge in [-0.15, -0.1) is 0 Å². The van der Waals surface area contributed by atoms with Gasteiger partial charge in [-0.2, -0.15) is 0 Å². The molecule has 3 aromatic rings. The fourth-order valence-electron chi connectivity index (χ4n) is 4.53. The molecule has 0 aliphatic carbocycles. The topological polar surface area (TPSA) is 55.4 Å². The number of hydrogen-bond donors (Lipinski definition) is 0. The summed E-state index contributed by atoms with van der Waals surface area (Å²) in [7, 11) is -0.342. The maximum atomic E-state index is 6.63. The zero-order chi connectivity index (χ0) is 26.8. The molecule has 3 aromatic carbocycles. The van der Waals surface area contributed by atoms with Gasteiger partial charge in [0.1, 0.15) is 24.4 Å². The van der Waals surface area contributed by atoms with E-state index < -0.39 is 39.0 Å². The third-order valence-electron chi connectivity index (χ3n) is 6.28. The van der Waals surface area contributed by atoms with Crippen molar-refractivity contribution in [3.8, 4) is 0 Å². The highest BCUT2D eigenvalue weighted by molar-refractivity contribution is 6.69. The summed E-state index contributed by atoms with van der Waals surface area (Å²) in [6.07, 6.45) is -2.31. The Morgan fingerprint density at radius 2 is 1.11 bits per heavy atom. The molecule has 0 unspecified atom stereocenters. The maximum absolute atomic E-state index is 6.63. The molecule has 1 heterocycles. The predicted molar refractivity (Wildman–Crippen MR) is 150 cm³/mol. The minimum Gasteiger partial charge on any atom is -0.407 e. The van der Waals surface area contributed by atoms with Crippen molar-refractivity contribution in [3.05, 3.63) is 108 Å². The molecule has 204 valence electrons. The normalized spacial score (nSPS) is 23.8. The molecule has 1 fully saturated rings. The fraction of sp³-hybridized carbons (Fsp3) is 0.419. The van der Waals surface area contributed by atoms with Gasteiger partial charge in [0, 0.05) is 7.11 Å². The van der Waals surface area contributed by atoms with Crippen LogP contribution < -0.4 is 0 Å². The molecular formula is C31H40O6Si. The zero-order valence-electron chi connectivity index (χ0n) is 22.8. The van der Waals surface area contributed by atoms with Crippen LogP contribution >= 0.6 is 0 Å². The second-order valence-corrected chi connectivity index (χ2v) is 15.0. The molecule has 0 radical (unpaired) electrons. The number of ether oxygens (including phenoxy) is 5. The Hall–Kier alpha value is -2.36. The summed E-state index contributed by atoms with van der Waals surface area (Å²) in [6, 6.07) is 30.4. The molecule has 0 N–H and O–H groups in total. The minimum absolute atomic E-state index is 0.332. The Morgan fingerprint density at radius 1 is 0.632 bits per heavy atom. The lowest BCUT2D eigenvalue weighted by molar-refractivity contribution is -0.309. The molecule has 6 nitrogen and oxygen atoms in total. The van der Waals surface area contributed by atoms with E-state index in [1.54, 1.807) is 7.11 Å². The molecule has 0 spiro atoms. The minimum atomic E-state index is -1.99. The average molecular weight is 537 g/mol. The molecule has 38 heavy (non-hydrogen) atoms. The van der Waals surface area contributed by atoms with Crippen LogP contribution in [-0.4, -0.2) is 52.7 Å². The second-order valence-electron chi connectivity index (χ2n) is 10.5. The molecule has 0 amide bonds. The highest BCUT2D eigenvalue weighted by Gasteiger charge is 2.49. The van der Waals surface area contributed by atoms with Crippen molar-refractivity contribution < 1.29 is 28.1 Å². The number of rotatable bonds is 13. The summed E-state index contributed by atoms with van der Waals surface area (Å²) in [6.45, 7) is 8.13. The van der Waals surface area contributed by atoms with Crippen LogP contribution in [-0.2, 0) is 47.9 Å². The van der Waals surface area contributed by atoms with Crippen LogP contribution in [0.25, 0.3) is 0 Å². The Labute approximate surface area is 227 Å². The monoisotopic (exact) mass is 536 g/mol. The number of hydrogen-bond acceptors (Lipinski definition) is 6. The second kappa shape index (κ2) is 14.1. The fourth-order valence-corrected chi connectivity index (χ4v) is 5.59. The molecule has 0 saturated carbocycles. The van der Waals surface area contributed by atoms with Crippen LogP contribution in [0.5, 0.6) is 0 Å². The van der Waals surface area contributed by atoms with Crippen LogP contribution in [0.4, 0.5) is 0 Å². The summed E-state index contributed by atoms with van der Waals surface area (Å²) in [4.78, 5) is 0. The molecule has 1 aliphatic heterocycles. The summed E-state index contributed by atoms with van der Waals surface area (Å²) in [5, 5.41) is 0. The Balaban J connectivity index is 1.58. The van der Waals surface area contributed by atoms with Gasteiger partial charge in [0.2, 0.25) is 0 Å². The first-order valence-corrected chi connectivity index (χ1v) is 16.6. The van der Waals surface area contributed by atoms with Gasteiger partial charge in [0.05, 0.1) is 26.4 Å². The van der Waals surface area contributed by atoms with E-state index in [0.29, 0.717) is 26.4 Å². The van der Waals surface area contributed by atoms with Gasteiger partial charge in [0.25, 0.3) is 0 Å². The van der Waals surface area contributed by atoms with Crippen molar-refractivity contribution in [1.29, 1.82) is 0 Å². The Kier molecular flexibility index (Phi) is 10.7. The highest BCUT2D eigenvalue weighted by atomic mass is 28.4. The van der Waals surface area contributed by atoms with Crippen LogP contribution in [0.1, 0.15) is 16.7 Å². The van der Waals surface area contributed by atoms with Gasteiger partial charge in [-0.3, -0.25) is 0 Å². The average Bonchev–Trinajstić information content (AvgIpc) is 2.93. The van der Waals surface area contributed by atoms with Gasteiger partial charge in [0.15, 0.2) is 14.6 Å². The third kappa shape index (κ3) is 8.58. The molecular weight excluding hydrogens is 496 g/mol. The zero-order valence-corrected chi connectivity index (χ0v) is 23.8. The summed E-state index contributed by atoms with van der Waals surface area (Å²) in [5.74, 6) is 0. The molecule has 1 aliphatic rings. The molecule has 4 rings (SSSR count). The maximum Gasteiger partial charge on any atom is 0.185 e. The largest absolute Gasteiger partial charge is 0.407 e. The van der Waals surface area contributed by atoms with E-state index in [2.05, 4.69) is 43.9 Å². The van der Waals surface area contributed by atoms with Crippen LogP contribution in [0.2, 0.25) is 19.6 Å². The first-order valence-electron chi connectivity index (χ1n) is 13.2. The van der Waals surface area contributed by atoms with E-state index in [1.807, 2.05) is 66.7 Å². The summed E-state index contributed by atoms with van der Waals surface area (Å²) < 4.78 is 38.2. The van der Waals surface area contributed by atoms with Gasteiger partial charge in [-0.1, -0.05) is 91.0 Å². The molecule has 5 atom stereocenters. The lowest BCUT2D eigenvalue weighted by Gasteiger charge is -2.47. The SMILES string of the molecule is CO[C@H]1O[C@H](COCc2ccccc2)[C@@H](OCc2ccccc2)[C@H](OCc2ccccc2)[C@@H]1O[Si](C)(C)C. The van der Waals surface area contributed by atoms with Crippen molar-refractivity contribution in [3.63, 3.8) is 0 Å². The first-order chi connectivity index (χ1) is 18.4. The third-order valence-corrected chi connectivity index (χ3v) is 7.26. The van der Waals surface area contributed by atoms with Crippen molar-refractivity contribution in [2.24, 2.45) is 0 Å². The Bertz CT molecular complexity index is 1060. The lowest BCUT2D eigenvalue weighted by atomic mass is 9.98. The van der Waals surface area contributed by atoms with Crippen molar-refractivity contribution in [2.75, 3.05) is 13.7 Å². The van der Waals surface area contributed by atoms with E-state index >= 15 is 0 Å². The highest BCUT2D eigenvalue weighted by Crippen LogP contribution is 2.32. The van der Waals surface area contributed by atoms with Crippen molar-refractivity contribution in [1.82, 2.24) is 0 Å². The van der Waals surface area contributed by atoms with Gasteiger partial charge in [-0.05, 0) is 36.3 Å². The summed E-state index contributed by atoms with van der Waals surface area (Å²) >= 11 is 0. The van der Waals surface area contributed by atoms with E-state index in [1.165, 1.54) is 0 Å². The molecule has 0 aromatic heterocycles. The van der Waals surface area contributed by atoms with Gasteiger partial charge < -0.3 is 28.1 Å². The quantitative estimate of drug-likeness (QED) is 0.251. The smallest absolute Gasteiger partial charge is 0.185 e. The molecule has 1 saturated heterocycles.